The first-order valence-electron chi connectivity index (χ1n) is 8.96. The van der Waals surface area contributed by atoms with Crippen LogP contribution in [-0.4, -0.2) is 42.5 Å². The first-order chi connectivity index (χ1) is 14.6. The van der Waals surface area contributed by atoms with E-state index < -0.39 is 0 Å². The average Bonchev–Trinajstić information content (AvgIpc) is 2.79. The molecule has 0 aliphatic rings. The number of anilines is 1. The molecule has 1 heterocycles. The van der Waals surface area contributed by atoms with Crippen LogP contribution in [0, 0.1) is 0 Å². The van der Waals surface area contributed by atoms with Crippen LogP contribution in [0.4, 0.5) is 5.69 Å². The summed E-state index contributed by atoms with van der Waals surface area (Å²) in [4.78, 5) is 31.9. The second kappa shape index (κ2) is 9.87. The van der Waals surface area contributed by atoms with E-state index in [9.17, 15) is 9.59 Å². The Morgan fingerprint density at radius 1 is 1.00 bits per heavy atom. The van der Waals surface area contributed by atoms with Gasteiger partial charge in [0.05, 0.1) is 7.11 Å². The van der Waals surface area contributed by atoms with Gasteiger partial charge in [0.15, 0.2) is 18.1 Å². The Kier molecular flexibility index (Phi) is 6.78. The number of benzene rings is 2. The normalized spacial score (nSPS) is 10.1. The van der Waals surface area contributed by atoms with Crippen LogP contribution in [0.15, 0.2) is 60.9 Å². The number of aromatic nitrogens is 2. The number of rotatable bonds is 8. The summed E-state index contributed by atoms with van der Waals surface area (Å²) in [5.41, 5.74) is 0.956. The number of carbonyl (C=O) groups is 2. The number of methoxy groups -OCH3 is 1. The fraction of sp³-hybridized carbons (Fsp3) is 0.143. The summed E-state index contributed by atoms with van der Waals surface area (Å²) in [5.74, 6) is 0.648. The van der Waals surface area contributed by atoms with E-state index >= 15 is 0 Å². The summed E-state index contributed by atoms with van der Waals surface area (Å²) in [6.07, 6.45) is 3.17. The van der Waals surface area contributed by atoms with Gasteiger partial charge < -0.3 is 24.8 Å². The van der Waals surface area contributed by atoms with Gasteiger partial charge in [-0.2, -0.15) is 0 Å². The lowest BCUT2D eigenvalue weighted by atomic mass is 10.2. The Balaban J connectivity index is 1.64. The monoisotopic (exact) mass is 408 g/mol. The number of hydrogen-bond donors (Lipinski definition) is 2. The fourth-order valence-electron chi connectivity index (χ4n) is 2.40. The first kappa shape index (κ1) is 20.6. The Labute approximate surface area is 173 Å². The zero-order valence-corrected chi connectivity index (χ0v) is 16.4. The van der Waals surface area contributed by atoms with E-state index in [1.54, 1.807) is 60.9 Å². The molecule has 2 N–H and O–H groups in total. The third kappa shape index (κ3) is 5.44. The number of likely N-dealkylation sites (N-methyl/N-ethyl adjacent to an activating group) is 1. The highest BCUT2D eigenvalue weighted by Crippen LogP contribution is 2.28. The van der Waals surface area contributed by atoms with Gasteiger partial charge in [-0.25, -0.2) is 9.97 Å². The van der Waals surface area contributed by atoms with Crippen LogP contribution in [0.1, 0.15) is 10.4 Å². The van der Waals surface area contributed by atoms with E-state index in [2.05, 4.69) is 20.6 Å². The predicted molar refractivity (Wildman–Crippen MR) is 109 cm³/mol. The molecule has 1 aromatic heterocycles. The van der Waals surface area contributed by atoms with Gasteiger partial charge >= 0.3 is 6.01 Å². The minimum Gasteiger partial charge on any atom is -0.493 e. The number of hydrogen-bond acceptors (Lipinski definition) is 7. The molecular weight excluding hydrogens is 388 g/mol. The number of amides is 2. The third-order valence-corrected chi connectivity index (χ3v) is 3.93. The highest BCUT2D eigenvalue weighted by molar-refractivity contribution is 6.04. The number of nitrogens with zero attached hydrogens (tertiary/aromatic N) is 2. The van der Waals surface area contributed by atoms with Crippen molar-refractivity contribution in [1.29, 1.82) is 0 Å². The van der Waals surface area contributed by atoms with E-state index in [1.807, 2.05) is 0 Å². The Morgan fingerprint density at radius 2 is 1.73 bits per heavy atom. The maximum Gasteiger partial charge on any atom is 0.321 e. The van der Waals surface area contributed by atoms with Gasteiger partial charge in [0.1, 0.15) is 5.75 Å². The minimum atomic E-state index is -0.328. The van der Waals surface area contributed by atoms with E-state index in [0.717, 1.165) is 0 Å². The Morgan fingerprint density at radius 3 is 2.40 bits per heavy atom. The smallest absolute Gasteiger partial charge is 0.321 e. The SMILES string of the molecule is CNC(=O)COc1ccc(C(=O)Nc2ccc(Oc3ncccn3)cc2)cc1OC. The van der Waals surface area contributed by atoms with Crippen LogP contribution < -0.4 is 24.8 Å². The predicted octanol–water partition coefficient (Wildman–Crippen LogP) is 2.65. The zero-order chi connectivity index (χ0) is 21.3. The van der Waals surface area contributed by atoms with Crippen LogP contribution in [0.25, 0.3) is 0 Å². The second-order valence-electron chi connectivity index (χ2n) is 5.94. The van der Waals surface area contributed by atoms with Crippen molar-refractivity contribution in [1.82, 2.24) is 15.3 Å². The molecule has 154 valence electrons. The molecule has 0 fully saturated rings. The van der Waals surface area contributed by atoms with Crippen molar-refractivity contribution in [3.8, 4) is 23.3 Å². The van der Waals surface area contributed by atoms with Gasteiger partial charge in [0.25, 0.3) is 11.8 Å². The van der Waals surface area contributed by atoms with Crippen molar-refractivity contribution < 1.29 is 23.8 Å². The van der Waals surface area contributed by atoms with Crippen molar-refractivity contribution in [3.63, 3.8) is 0 Å². The molecule has 0 saturated heterocycles. The molecule has 0 unspecified atom stereocenters. The molecule has 0 aliphatic heterocycles. The number of nitrogens with one attached hydrogen (secondary N) is 2. The number of ether oxygens (including phenoxy) is 3. The Bertz CT molecular complexity index is 1010. The average molecular weight is 408 g/mol. The largest absolute Gasteiger partial charge is 0.493 e. The molecular formula is C21H20N4O5. The second-order valence-corrected chi connectivity index (χ2v) is 5.94. The van der Waals surface area contributed by atoms with Crippen molar-refractivity contribution in [3.05, 3.63) is 66.5 Å². The standard InChI is InChI=1S/C21H20N4O5/c1-22-19(26)13-29-17-9-4-14(12-18(17)28-2)20(27)25-15-5-7-16(8-6-15)30-21-23-10-3-11-24-21/h3-12H,13H2,1-2H3,(H,22,26)(H,25,27). The lowest BCUT2D eigenvalue weighted by Gasteiger charge is -2.12. The minimum absolute atomic E-state index is 0.152. The van der Waals surface area contributed by atoms with Crippen molar-refractivity contribution in [2.45, 2.75) is 0 Å². The van der Waals surface area contributed by atoms with Crippen LogP contribution >= 0.6 is 0 Å². The van der Waals surface area contributed by atoms with E-state index in [-0.39, 0.29) is 24.4 Å². The van der Waals surface area contributed by atoms with Gasteiger partial charge in [-0.15, -0.1) is 0 Å². The summed E-state index contributed by atoms with van der Waals surface area (Å²) >= 11 is 0. The fourth-order valence-corrected chi connectivity index (χ4v) is 2.40. The molecule has 0 aliphatic carbocycles. The molecule has 0 spiro atoms. The molecule has 0 atom stereocenters. The van der Waals surface area contributed by atoms with E-state index in [0.29, 0.717) is 28.5 Å². The van der Waals surface area contributed by atoms with Crippen molar-refractivity contribution in [2.24, 2.45) is 0 Å². The summed E-state index contributed by atoms with van der Waals surface area (Å²) in [7, 11) is 2.98. The quantitative estimate of drug-likeness (QED) is 0.589. The third-order valence-electron chi connectivity index (χ3n) is 3.93. The molecule has 30 heavy (non-hydrogen) atoms. The lowest BCUT2D eigenvalue weighted by Crippen LogP contribution is -2.25. The molecule has 0 saturated carbocycles. The van der Waals surface area contributed by atoms with Gasteiger partial charge in [0.2, 0.25) is 0 Å². The van der Waals surface area contributed by atoms with Gasteiger partial charge in [-0.05, 0) is 48.5 Å². The Hall–Kier alpha value is -4.14. The van der Waals surface area contributed by atoms with Gasteiger partial charge in [-0.3, -0.25) is 9.59 Å². The van der Waals surface area contributed by atoms with Crippen molar-refractivity contribution >= 4 is 17.5 Å². The van der Waals surface area contributed by atoms with Crippen LogP contribution in [0.5, 0.6) is 23.3 Å². The summed E-state index contributed by atoms with van der Waals surface area (Å²) in [6, 6.07) is 13.4. The van der Waals surface area contributed by atoms with Crippen LogP contribution in [0.2, 0.25) is 0 Å². The highest BCUT2D eigenvalue weighted by atomic mass is 16.5. The molecule has 3 rings (SSSR count). The molecule has 0 radical (unpaired) electrons. The van der Waals surface area contributed by atoms with E-state index in [4.69, 9.17) is 14.2 Å². The maximum atomic E-state index is 12.6. The zero-order valence-electron chi connectivity index (χ0n) is 16.4. The lowest BCUT2D eigenvalue weighted by molar-refractivity contribution is -0.122. The summed E-state index contributed by atoms with van der Waals surface area (Å²) < 4.78 is 16.2. The molecule has 3 aromatic rings. The van der Waals surface area contributed by atoms with Gasteiger partial charge in [-0.1, -0.05) is 0 Å². The summed E-state index contributed by atoms with van der Waals surface area (Å²) in [6.45, 7) is -0.152. The van der Waals surface area contributed by atoms with Gasteiger partial charge in [0, 0.05) is 30.7 Å². The van der Waals surface area contributed by atoms with E-state index in [1.165, 1.54) is 14.2 Å². The first-order valence-corrected chi connectivity index (χ1v) is 8.96. The highest BCUT2D eigenvalue weighted by Gasteiger charge is 2.13. The van der Waals surface area contributed by atoms with Crippen LogP contribution in [0.3, 0.4) is 0 Å². The molecule has 9 nitrogen and oxygen atoms in total. The number of carbonyl (C=O) groups excluding carboxylic acids is 2. The maximum absolute atomic E-state index is 12.6. The molecule has 0 bridgehead atoms. The molecule has 9 heteroatoms. The van der Waals surface area contributed by atoms with Crippen LogP contribution in [-0.2, 0) is 4.79 Å². The molecule has 2 amide bonds. The van der Waals surface area contributed by atoms with Crippen molar-refractivity contribution in [2.75, 3.05) is 26.1 Å². The molecule has 2 aromatic carbocycles. The topological polar surface area (TPSA) is 112 Å². The summed E-state index contributed by atoms with van der Waals surface area (Å²) in [5, 5.41) is 5.26.